The summed E-state index contributed by atoms with van der Waals surface area (Å²) in [6, 6.07) is 12.8. The lowest BCUT2D eigenvalue weighted by Crippen LogP contribution is -2.43. The zero-order valence-corrected chi connectivity index (χ0v) is 18.1. The van der Waals surface area contributed by atoms with Crippen molar-refractivity contribution in [3.05, 3.63) is 64.7 Å². The van der Waals surface area contributed by atoms with Crippen molar-refractivity contribution < 1.29 is 14.4 Å². The Morgan fingerprint density at radius 2 is 1.70 bits per heavy atom. The molecule has 1 fully saturated rings. The molecule has 1 aliphatic rings. The summed E-state index contributed by atoms with van der Waals surface area (Å²) < 4.78 is 0. The highest BCUT2D eigenvalue weighted by atomic mass is 16.2. The van der Waals surface area contributed by atoms with Gasteiger partial charge in [0.05, 0.1) is 5.92 Å². The number of nitrogens with one attached hydrogen (secondary N) is 1. The van der Waals surface area contributed by atoms with E-state index in [1.54, 1.807) is 43.3 Å². The van der Waals surface area contributed by atoms with Gasteiger partial charge >= 0.3 is 0 Å². The Balaban J connectivity index is 1.68. The number of piperidine rings is 1. The molecule has 0 bridgehead atoms. The van der Waals surface area contributed by atoms with E-state index >= 15 is 0 Å². The predicted octanol–water partition coefficient (Wildman–Crippen LogP) is 3.50. The number of benzene rings is 2. The molecule has 0 spiro atoms. The summed E-state index contributed by atoms with van der Waals surface area (Å²) in [5, 5.41) is 2.92. The molecule has 30 heavy (non-hydrogen) atoms. The SMILES string of the molecule is Cc1cc(C)cc(C(=O)N2CCCC(C(=O)Nc3cccc(C(=O)N(C)C)c3)C2)c1. The fourth-order valence-electron chi connectivity index (χ4n) is 3.89. The highest BCUT2D eigenvalue weighted by molar-refractivity contribution is 5.98. The topological polar surface area (TPSA) is 69.7 Å². The van der Waals surface area contributed by atoms with E-state index in [0.717, 1.165) is 24.0 Å². The Morgan fingerprint density at radius 1 is 1.00 bits per heavy atom. The molecular weight excluding hydrogens is 378 g/mol. The average Bonchev–Trinajstić information content (AvgIpc) is 2.72. The van der Waals surface area contributed by atoms with Crippen LogP contribution in [0.2, 0.25) is 0 Å². The number of rotatable bonds is 4. The van der Waals surface area contributed by atoms with Crippen molar-refractivity contribution in [2.24, 2.45) is 5.92 Å². The van der Waals surface area contributed by atoms with Crippen LogP contribution in [0.25, 0.3) is 0 Å². The lowest BCUT2D eigenvalue weighted by atomic mass is 9.96. The first-order valence-electron chi connectivity index (χ1n) is 10.2. The van der Waals surface area contributed by atoms with E-state index in [1.807, 2.05) is 32.0 Å². The summed E-state index contributed by atoms with van der Waals surface area (Å²) in [7, 11) is 3.38. The third-order valence-corrected chi connectivity index (χ3v) is 5.33. The zero-order chi connectivity index (χ0) is 21.8. The van der Waals surface area contributed by atoms with Gasteiger partial charge in [-0.3, -0.25) is 14.4 Å². The van der Waals surface area contributed by atoms with Crippen LogP contribution in [-0.2, 0) is 4.79 Å². The van der Waals surface area contributed by atoms with Gasteiger partial charge in [0.2, 0.25) is 5.91 Å². The van der Waals surface area contributed by atoms with Gasteiger partial charge in [0.25, 0.3) is 11.8 Å². The number of hydrogen-bond donors (Lipinski definition) is 1. The summed E-state index contributed by atoms with van der Waals surface area (Å²) in [6.07, 6.45) is 1.52. The number of nitrogens with zero attached hydrogens (tertiary/aromatic N) is 2. The molecule has 1 heterocycles. The van der Waals surface area contributed by atoms with Crippen LogP contribution in [0.1, 0.15) is 44.7 Å². The second-order valence-electron chi connectivity index (χ2n) is 8.24. The van der Waals surface area contributed by atoms with Crippen molar-refractivity contribution in [3.63, 3.8) is 0 Å². The van der Waals surface area contributed by atoms with Gasteiger partial charge in [-0.05, 0) is 57.0 Å². The normalized spacial score (nSPS) is 16.1. The molecule has 6 heteroatoms. The third kappa shape index (κ3) is 5.06. The van der Waals surface area contributed by atoms with Gasteiger partial charge in [-0.2, -0.15) is 0 Å². The fourth-order valence-corrected chi connectivity index (χ4v) is 3.89. The van der Waals surface area contributed by atoms with Crippen LogP contribution in [-0.4, -0.2) is 54.7 Å². The van der Waals surface area contributed by atoms with Crippen LogP contribution in [0.3, 0.4) is 0 Å². The number of anilines is 1. The van der Waals surface area contributed by atoms with Crippen LogP contribution >= 0.6 is 0 Å². The lowest BCUT2D eigenvalue weighted by molar-refractivity contribution is -0.121. The van der Waals surface area contributed by atoms with Gasteiger partial charge in [-0.1, -0.05) is 23.3 Å². The van der Waals surface area contributed by atoms with Gasteiger partial charge in [-0.25, -0.2) is 0 Å². The number of aryl methyl sites for hydroxylation is 2. The summed E-state index contributed by atoms with van der Waals surface area (Å²) in [5.74, 6) is -0.545. The lowest BCUT2D eigenvalue weighted by Gasteiger charge is -2.32. The van der Waals surface area contributed by atoms with Crippen molar-refractivity contribution in [2.45, 2.75) is 26.7 Å². The maximum absolute atomic E-state index is 13.0. The summed E-state index contributed by atoms with van der Waals surface area (Å²) in [4.78, 5) is 41.2. The number of hydrogen-bond acceptors (Lipinski definition) is 3. The number of likely N-dealkylation sites (tertiary alicyclic amines) is 1. The van der Waals surface area contributed by atoms with E-state index < -0.39 is 0 Å². The molecule has 1 aliphatic heterocycles. The highest BCUT2D eigenvalue weighted by Gasteiger charge is 2.29. The standard InChI is InChI=1S/C24H29N3O3/c1-16-11-17(2)13-20(12-16)24(30)27-10-6-8-19(15-27)22(28)25-21-9-5-7-18(14-21)23(29)26(3)4/h5,7,9,11-14,19H,6,8,10,15H2,1-4H3,(H,25,28). The molecule has 1 N–H and O–H groups in total. The first-order chi connectivity index (χ1) is 14.2. The van der Waals surface area contributed by atoms with Crippen molar-refractivity contribution in [2.75, 3.05) is 32.5 Å². The Labute approximate surface area is 177 Å². The Bertz CT molecular complexity index is 948. The average molecular weight is 408 g/mol. The maximum atomic E-state index is 13.0. The summed E-state index contributed by atoms with van der Waals surface area (Å²) >= 11 is 0. The Kier molecular flexibility index (Phi) is 6.55. The maximum Gasteiger partial charge on any atom is 0.253 e. The van der Waals surface area contributed by atoms with Crippen molar-refractivity contribution in [3.8, 4) is 0 Å². The van der Waals surface area contributed by atoms with E-state index in [0.29, 0.717) is 29.9 Å². The molecule has 0 saturated carbocycles. The first-order valence-corrected chi connectivity index (χ1v) is 10.2. The van der Waals surface area contributed by atoms with Crippen molar-refractivity contribution in [1.82, 2.24) is 9.80 Å². The predicted molar refractivity (Wildman–Crippen MR) is 118 cm³/mol. The van der Waals surface area contributed by atoms with E-state index in [2.05, 4.69) is 5.32 Å². The van der Waals surface area contributed by atoms with Crippen LogP contribution in [0, 0.1) is 19.8 Å². The summed E-state index contributed by atoms with van der Waals surface area (Å²) in [6.45, 7) is 5.01. The van der Waals surface area contributed by atoms with Crippen molar-refractivity contribution in [1.29, 1.82) is 0 Å². The third-order valence-electron chi connectivity index (χ3n) is 5.33. The largest absolute Gasteiger partial charge is 0.345 e. The van der Waals surface area contributed by atoms with Crippen LogP contribution in [0.5, 0.6) is 0 Å². The second kappa shape index (κ2) is 9.11. The Hall–Kier alpha value is -3.15. The quantitative estimate of drug-likeness (QED) is 0.843. The zero-order valence-electron chi connectivity index (χ0n) is 18.1. The number of carbonyl (C=O) groups is 3. The van der Waals surface area contributed by atoms with Crippen LogP contribution in [0.15, 0.2) is 42.5 Å². The minimum atomic E-state index is -0.276. The molecule has 158 valence electrons. The molecule has 3 amide bonds. The molecule has 1 saturated heterocycles. The Morgan fingerprint density at radius 3 is 2.37 bits per heavy atom. The van der Waals surface area contributed by atoms with Gasteiger partial charge < -0.3 is 15.1 Å². The van der Waals surface area contributed by atoms with Gasteiger partial charge in [0.15, 0.2) is 0 Å². The molecule has 1 unspecified atom stereocenters. The molecule has 0 radical (unpaired) electrons. The minimum Gasteiger partial charge on any atom is -0.345 e. The van der Waals surface area contributed by atoms with Gasteiger partial charge in [0, 0.05) is 44.0 Å². The van der Waals surface area contributed by atoms with Gasteiger partial charge in [0.1, 0.15) is 0 Å². The van der Waals surface area contributed by atoms with Crippen molar-refractivity contribution >= 4 is 23.4 Å². The highest BCUT2D eigenvalue weighted by Crippen LogP contribution is 2.22. The monoisotopic (exact) mass is 407 g/mol. The number of carbonyl (C=O) groups excluding carboxylic acids is 3. The van der Waals surface area contributed by atoms with E-state index in [9.17, 15) is 14.4 Å². The van der Waals surface area contributed by atoms with Crippen LogP contribution < -0.4 is 5.32 Å². The number of amides is 3. The molecule has 2 aromatic rings. The van der Waals surface area contributed by atoms with Crippen LogP contribution in [0.4, 0.5) is 5.69 Å². The smallest absolute Gasteiger partial charge is 0.253 e. The second-order valence-corrected chi connectivity index (χ2v) is 8.24. The molecule has 3 rings (SSSR count). The van der Waals surface area contributed by atoms with E-state index in [1.165, 1.54) is 4.90 Å². The molecule has 2 aromatic carbocycles. The molecule has 0 aromatic heterocycles. The summed E-state index contributed by atoms with van der Waals surface area (Å²) in [5.41, 5.74) is 3.88. The minimum absolute atomic E-state index is 0.0297. The molecular formula is C24H29N3O3. The van der Waals surface area contributed by atoms with E-state index in [4.69, 9.17) is 0 Å². The molecule has 6 nitrogen and oxygen atoms in total. The molecule has 1 atom stereocenters. The first kappa shape index (κ1) is 21.6. The fraction of sp³-hybridized carbons (Fsp3) is 0.375. The molecule has 0 aliphatic carbocycles. The van der Waals surface area contributed by atoms with Gasteiger partial charge in [-0.15, -0.1) is 0 Å². The van der Waals surface area contributed by atoms with E-state index in [-0.39, 0.29) is 23.6 Å².